The van der Waals surface area contributed by atoms with Gasteiger partial charge in [0.25, 0.3) is 0 Å². The number of hydrogen-bond donors (Lipinski definition) is 1. The van der Waals surface area contributed by atoms with Crippen molar-refractivity contribution in [2.24, 2.45) is 0 Å². The molecule has 0 saturated carbocycles. The number of halogens is 4. The lowest BCUT2D eigenvalue weighted by Gasteiger charge is -2.11. The Hall–Kier alpha value is -3.09. The van der Waals surface area contributed by atoms with Crippen LogP contribution in [0.2, 0.25) is 5.02 Å². The first kappa shape index (κ1) is 22.1. The van der Waals surface area contributed by atoms with Gasteiger partial charge in [0, 0.05) is 15.5 Å². The van der Waals surface area contributed by atoms with Crippen LogP contribution in [0.3, 0.4) is 0 Å². The first-order valence-electron chi connectivity index (χ1n) is 9.67. The number of carbonyl (C=O) groups is 1. The van der Waals surface area contributed by atoms with Crippen molar-refractivity contribution < 1.29 is 18.0 Å². The van der Waals surface area contributed by atoms with Gasteiger partial charge in [-0.15, -0.1) is 11.3 Å². The van der Waals surface area contributed by atoms with Crippen molar-refractivity contribution in [3.63, 3.8) is 0 Å². The summed E-state index contributed by atoms with van der Waals surface area (Å²) in [5, 5.41) is 0.875. The molecular weight excluding hydrogens is 455 g/mol. The van der Waals surface area contributed by atoms with E-state index in [0.717, 1.165) is 22.6 Å². The van der Waals surface area contributed by atoms with Crippen molar-refractivity contribution in [2.75, 3.05) is 5.73 Å². The second kappa shape index (κ2) is 8.81. The molecule has 162 valence electrons. The molecule has 0 atom stereocenters. The zero-order valence-corrected chi connectivity index (χ0v) is 18.2. The first-order valence-corrected chi connectivity index (χ1v) is 10.9. The first-order chi connectivity index (χ1) is 15.2. The smallest absolute Gasteiger partial charge is 0.390 e. The number of thiophene rings is 1. The number of hydrogen-bond acceptors (Lipinski definition) is 3. The molecule has 7 heteroatoms. The zero-order chi connectivity index (χ0) is 22.9. The van der Waals surface area contributed by atoms with E-state index in [2.05, 4.69) is 0 Å². The summed E-state index contributed by atoms with van der Waals surface area (Å²) in [6.45, 7) is 0. The Morgan fingerprint density at radius 3 is 2.12 bits per heavy atom. The van der Waals surface area contributed by atoms with Crippen LogP contribution in [-0.2, 0) is 12.6 Å². The van der Waals surface area contributed by atoms with E-state index in [1.807, 2.05) is 30.3 Å². The Balaban J connectivity index is 1.81. The summed E-state index contributed by atoms with van der Waals surface area (Å²) in [4.78, 5) is 14.2. The minimum atomic E-state index is -4.41. The van der Waals surface area contributed by atoms with E-state index in [9.17, 15) is 18.0 Å². The van der Waals surface area contributed by atoms with Crippen molar-refractivity contribution in [2.45, 2.75) is 12.6 Å². The van der Waals surface area contributed by atoms with E-state index < -0.39 is 11.7 Å². The molecule has 32 heavy (non-hydrogen) atoms. The number of alkyl halides is 3. The van der Waals surface area contributed by atoms with Gasteiger partial charge in [-0.1, -0.05) is 54.1 Å². The normalized spacial score (nSPS) is 11.5. The lowest BCUT2D eigenvalue weighted by atomic mass is 9.93. The highest BCUT2D eigenvalue weighted by Crippen LogP contribution is 2.41. The summed E-state index contributed by atoms with van der Waals surface area (Å²) in [5.74, 6) is -0.250. The average Bonchev–Trinajstić information content (AvgIpc) is 3.10. The quantitative estimate of drug-likeness (QED) is 0.306. The van der Waals surface area contributed by atoms with Crippen LogP contribution >= 0.6 is 22.9 Å². The van der Waals surface area contributed by atoms with Gasteiger partial charge >= 0.3 is 6.18 Å². The van der Waals surface area contributed by atoms with E-state index in [1.54, 1.807) is 24.3 Å². The van der Waals surface area contributed by atoms with Gasteiger partial charge in [0.1, 0.15) is 0 Å². The van der Waals surface area contributed by atoms with Crippen LogP contribution in [0.4, 0.5) is 18.2 Å². The molecule has 4 aromatic rings. The lowest BCUT2D eigenvalue weighted by molar-refractivity contribution is -0.137. The van der Waals surface area contributed by atoms with E-state index >= 15 is 0 Å². The molecule has 0 aliphatic rings. The minimum Gasteiger partial charge on any atom is -0.390 e. The highest BCUT2D eigenvalue weighted by molar-refractivity contribution is 7.20. The van der Waals surface area contributed by atoms with Crippen LogP contribution in [0.1, 0.15) is 32.6 Å². The number of benzene rings is 3. The van der Waals surface area contributed by atoms with Crippen molar-refractivity contribution >= 4 is 33.7 Å². The van der Waals surface area contributed by atoms with Gasteiger partial charge in [0.2, 0.25) is 0 Å². The fourth-order valence-electron chi connectivity index (χ4n) is 3.49. The summed E-state index contributed by atoms with van der Waals surface area (Å²) >= 11 is 7.24. The Kier molecular flexibility index (Phi) is 6.09. The number of ketones is 1. The molecule has 0 amide bonds. The summed E-state index contributed by atoms with van der Waals surface area (Å²) in [5.41, 5.74) is 8.63. The summed E-state index contributed by atoms with van der Waals surface area (Å²) in [6.07, 6.45) is -4.14. The topological polar surface area (TPSA) is 43.1 Å². The second-order valence-electron chi connectivity index (χ2n) is 7.22. The number of nitrogens with two attached hydrogens (primary N) is 1. The third-order valence-corrected chi connectivity index (χ3v) is 6.43. The number of anilines is 1. The van der Waals surface area contributed by atoms with Crippen LogP contribution in [-0.4, -0.2) is 5.78 Å². The SMILES string of the molecule is Nc1sc(-c2ccccc2)c(Cc2ccc(C(F)(F)F)cc2)c1C(=O)c1ccc(Cl)cc1. The molecule has 2 nitrogen and oxygen atoms in total. The van der Waals surface area contributed by atoms with Gasteiger partial charge in [-0.05, 0) is 59.5 Å². The van der Waals surface area contributed by atoms with Crippen LogP contribution in [0.15, 0.2) is 78.9 Å². The van der Waals surface area contributed by atoms with Gasteiger partial charge in [-0.2, -0.15) is 13.2 Å². The van der Waals surface area contributed by atoms with Gasteiger partial charge in [-0.3, -0.25) is 4.79 Å². The Morgan fingerprint density at radius 1 is 0.906 bits per heavy atom. The molecule has 0 aliphatic heterocycles. The van der Waals surface area contributed by atoms with E-state index in [0.29, 0.717) is 32.3 Å². The molecule has 0 spiro atoms. The lowest BCUT2D eigenvalue weighted by Crippen LogP contribution is -2.07. The number of nitrogen functional groups attached to an aromatic ring is 1. The molecule has 0 fully saturated rings. The van der Waals surface area contributed by atoms with Crippen molar-refractivity contribution in [1.29, 1.82) is 0 Å². The summed E-state index contributed by atoms with van der Waals surface area (Å²) in [6, 6.07) is 21.0. The van der Waals surface area contributed by atoms with Gasteiger partial charge in [-0.25, -0.2) is 0 Å². The van der Waals surface area contributed by atoms with Crippen molar-refractivity contribution in [3.05, 3.63) is 112 Å². The molecule has 2 N–H and O–H groups in total. The van der Waals surface area contributed by atoms with Crippen LogP contribution < -0.4 is 5.73 Å². The van der Waals surface area contributed by atoms with Gasteiger partial charge < -0.3 is 5.73 Å². The Morgan fingerprint density at radius 2 is 1.53 bits per heavy atom. The summed E-state index contributed by atoms with van der Waals surface area (Å²) in [7, 11) is 0. The molecule has 0 aliphatic carbocycles. The largest absolute Gasteiger partial charge is 0.416 e. The molecule has 0 radical (unpaired) electrons. The van der Waals surface area contributed by atoms with Crippen molar-refractivity contribution in [3.8, 4) is 10.4 Å². The number of rotatable bonds is 5. The molecule has 0 saturated heterocycles. The van der Waals surface area contributed by atoms with Gasteiger partial charge in [0.05, 0.1) is 16.1 Å². The molecular formula is C25H17ClF3NOS. The molecule has 0 unspecified atom stereocenters. The maximum Gasteiger partial charge on any atom is 0.416 e. The molecule has 0 bridgehead atoms. The van der Waals surface area contributed by atoms with Crippen LogP contribution in [0, 0.1) is 0 Å². The molecule has 4 rings (SSSR count). The average molecular weight is 472 g/mol. The van der Waals surface area contributed by atoms with E-state index in [4.69, 9.17) is 17.3 Å². The molecule has 3 aromatic carbocycles. The van der Waals surface area contributed by atoms with E-state index in [1.165, 1.54) is 23.5 Å². The Bertz CT molecular complexity index is 1250. The zero-order valence-electron chi connectivity index (χ0n) is 16.6. The maximum absolute atomic E-state index is 13.4. The maximum atomic E-state index is 13.4. The number of carbonyl (C=O) groups excluding carboxylic acids is 1. The van der Waals surface area contributed by atoms with Gasteiger partial charge in [0.15, 0.2) is 5.78 Å². The highest BCUT2D eigenvalue weighted by atomic mass is 35.5. The monoisotopic (exact) mass is 471 g/mol. The van der Waals surface area contributed by atoms with Crippen LogP contribution in [0.25, 0.3) is 10.4 Å². The standard InChI is InChI=1S/C25H17ClF3NOS/c26-19-12-8-16(9-13-19)22(31)21-20(14-15-6-10-18(11-7-15)25(27,28)29)23(32-24(21)30)17-4-2-1-3-5-17/h1-13H,14,30H2. The van der Waals surface area contributed by atoms with Crippen LogP contribution in [0.5, 0.6) is 0 Å². The minimum absolute atomic E-state index is 0.250. The fourth-order valence-corrected chi connectivity index (χ4v) is 4.70. The molecule has 1 heterocycles. The highest BCUT2D eigenvalue weighted by Gasteiger charge is 2.30. The predicted octanol–water partition coefficient (Wildman–Crippen LogP) is 7.49. The summed E-state index contributed by atoms with van der Waals surface area (Å²) < 4.78 is 38.9. The predicted molar refractivity (Wildman–Crippen MR) is 123 cm³/mol. The molecule has 1 aromatic heterocycles. The Labute approximate surface area is 192 Å². The third-order valence-electron chi connectivity index (χ3n) is 5.07. The third kappa shape index (κ3) is 4.56. The fraction of sp³-hybridized carbons (Fsp3) is 0.0800. The second-order valence-corrected chi connectivity index (χ2v) is 8.71. The van der Waals surface area contributed by atoms with E-state index in [-0.39, 0.29) is 12.2 Å². The van der Waals surface area contributed by atoms with Crippen molar-refractivity contribution in [1.82, 2.24) is 0 Å².